The van der Waals surface area contributed by atoms with Gasteiger partial charge < -0.3 is 15.0 Å². The van der Waals surface area contributed by atoms with E-state index in [0.717, 1.165) is 5.69 Å². The molecule has 2 aromatic rings. The molecular formula is C18H16Cl2N2O3. The van der Waals surface area contributed by atoms with Gasteiger partial charge in [0.15, 0.2) is 0 Å². The van der Waals surface area contributed by atoms with Crippen LogP contribution in [0.1, 0.15) is 6.42 Å². The Hall–Kier alpha value is -2.24. The zero-order valence-corrected chi connectivity index (χ0v) is 15.0. The maximum atomic E-state index is 12.4. The summed E-state index contributed by atoms with van der Waals surface area (Å²) in [7, 11) is 1.58. The predicted octanol–water partition coefficient (Wildman–Crippen LogP) is 3.99. The van der Waals surface area contributed by atoms with E-state index in [4.69, 9.17) is 27.9 Å². The number of ether oxygens (including phenoxy) is 1. The minimum Gasteiger partial charge on any atom is -0.497 e. The van der Waals surface area contributed by atoms with E-state index in [0.29, 0.717) is 28.0 Å². The zero-order chi connectivity index (χ0) is 18.0. The summed E-state index contributed by atoms with van der Waals surface area (Å²) >= 11 is 11.8. The molecule has 0 aliphatic carbocycles. The first kappa shape index (κ1) is 17.6. The van der Waals surface area contributed by atoms with Crippen molar-refractivity contribution in [3.8, 4) is 5.75 Å². The highest BCUT2D eigenvalue weighted by Crippen LogP contribution is 2.29. The van der Waals surface area contributed by atoms with Gasteiger partial charge in [-0.05, 0) is 42.5 Å². The number of amides is 2. The average Bonchev–Trinajstić information content (AvgIpc) is 3.00. The summed E-state index contributed by atoms with van der Waals surface area (Å²) in [5.74, 6) is -0.0180. The SMILES string of the molecule is COc1ccc(N2C[C@@H](C(=O)Nc3ccc(Cl)c(Cl)c3)CC2=O)cc1. The van der Waals surface area contributed by atoms with Crippen molar-refractivity contribution >= 4 is 46.4 Å². The van der Waals surface area contributed by atoms with Crippen LogP contribution in [0.2, 0.25) is 10.0 Å². The van der Waals surface area contributed by atoms with E-state index in [1.807, 2.05) is 0 Å². The first-order chi connectivity index (χ1) is 12.0. The fraction of sp³-hybridized carbons (Fsp3) is 0.222. The highest BCUT2D eigenvalue weighted by molar-refractivity contribution is 6.42. The number of anilines is 2. The maximum Gasteiger partial charge on any atom is 0.229 e. The van der Waals surface area contributed by atoms with Crippen molar-refractivity contribution in [1.82, 2.24) is 0 Å². The molecule has 1 heterocycles. The number of carbonyl (C=O) groups is 2. The number of halogens is 2. The number of carbonyl (C=O) groups excluding carboxylic acids is 2. The van der Waals surface area contributed by atoms with Crippen molar-refractivity contribution in [2.24, 2.45) is 5.92 Å². The molecule has 130 valence electrons. The number of rotatable bonds is 4. The van der Waals surface area contributed by atoms with E-state index in [-0.39, 0.29) is 18.2 Å². The van der Waals surface area contributed by atoms with Crippen LogP contribution in [0, 0.1) is 5.92 Å². The first-order valence-corrected chi connectivity index (χ1v) is 8.44. The van der Waals surface area contributed by atoms with E-state index < -0.39 is 5.92 Å². The molecule has 0 spiro atoms. The molecule has 7 heteroatoms. The van der Waals surface area contributed by atoms with Crippen molar-refractivity contribution in [3.05, 3.63) is 52.5 Å². The van der Waals surface area contributed by atoms with E-state index >= 15 is 0 Å². The average molecular weight is 379 g/mol. The van der Waals surface area contributed by atoms with Crippen LogP contribution in [0.5, 0.6) is 5.75 Å². The van der Waals surface area contributed by atoms with E-state index in [2.05, 4.69) is 5.32 Å². The van der Waals surface area contributed by atoms with E-state index in [1.54, 1.807) is 54.5 Å². The standard InChI is InChI=1S/C18H16Cl2N2O3/c1-25-14-5-3-13(4-6-14)22-10-11(8-17(22)23)18(24)21-12-2-7-15(19)16(20)9-12/h2-7,9,11H,8,10H2,1H3,(H,21,24)/t11-/m0/s1. The van der Waals surface area contributed by atoms with Gasteiger partial charge in [-0.3, -0.25) is 9.59 Å². The van der Waals surface area contributed by atoms with Gasteiger partial charge in [0, 0.05) is 24.3 Å². The normalized spacial score (nSPS) is 16.8. The number of hydrogen-bond acceptors (Lipinski definition) is 3. The smallest absolute Gasteiger partial charge is 0.229 e. The van der Waals surface area contributed by atoms with Gasteiger partial charge in [-0.2, -0.15) is 0 Å². The number of hydrogen-bond donors (Lipinski definition) is 1. The molecule has 1 aliphatic rings. The molecule has 1 fully saturated rings. The molecule has 1 atom stereocenters. The minimum atomic E-state index is -0.427. The summed E-state index contributed by atoms with van der Waals surface area (Å²) in [6.45, 7) is 0.332. The third-order valence-electron chi connectivity index (χ3n) is 4.07. The van der Waals surface area contributed by atoms with Gasteiger partial charge in [0.05, 0.1) is 23.1 Å². The molecule has 0 unspecified atom stereocenters. The van der Waals surface area contributed by atoms with Gasteiger partial charge in [0.2, 0.25) is 11.8 Å². The molecule has 25 heavy (non-hydrogen) atoms. The summed E-state index contributed by atoms with van der Waals surface area (Å²) in [5.41, 5.74) is 1.30. The summed E-state index contributed by atoms with van der Waals surface area (Å²) < 4.78 is 5.11. The molecule has 0 aromatic heterocycles. The number of nitrogens with one attached hydrogen (secondary N) is 1. The molecule has 0 saturated carbocycles. The number of methoxy groups -OCH3 is 1. The fourth-order valence-corrected chi connectivity index (χ4v) is 3.01. The maximum absolute atomic E-state index is 12.4. The number of nitrogens with zero attached hydrogens (tertiary/aromatic N) is 1. The van der Waals surface area contributed by atoms with Crippen molar-refractivity contribution in [2.45, 2.75) is 6.42 Å². The lowest BCUT2D eigenvalue weighted by Crippen LogP contribution is -2.28. The first-order valence-electron chi connectivity index (χ1n) is 7.68. The van der Waals surface area contributed by atoms with Crippen LogP contribution >= 0.6 is 23.2 Å². The van der Waals surface area contributed by atoms with E-state index in [9.17, 15) is 9.59 Å². The van der Waals surface area contributed by atoms with Crippen molar-refractivity contribution in [3.63, 3.8) is 0 Å². The van der Waals surface area contributed by atoms with Gasteiger partial charge in [-0.1, -0.05) is 23.2 Å². The Morgan fingerprint density at radius 2 is 1.88 bits per heavy atom. The third kappa shape index (κ3) is 3.89. The molecule has 3 rings (SSSR count). The molecule has 1 N–H and O–H groups in total. The molecule has 2 amide bonds. The van der Waals surface area contributed by atoms with Crippen molar-refractivity contribution in [2.75, 3.05) is 23.9 Å². The Kier molecular flexibility index (Phi) is 5.16. The largest absolute Gasteiger partial charge is 0.497 e. The molecule has 0 radical (unpaired) electrons. The van der Waals surface area contributed by atoms with Crippen molar-refractivity contribution < 1.29 is 14.3 Å². The van der Waals surface area contributed by atoms with Gasteiger partial charge in [0.1, 0.15) is 5.75 Å². The number of benzene rings is 2. The predicted molar refractivity (Wildman–Crippen MR) is 98.5 cm³/mol. The summed E-state index contributed by atoms with van der Waals surface area (Å²) in [6.07, 6.45) is 0.166. The van der Waals surface area contributed by atoms with Crippen LogP contribution in [-0.2, 0) is 9.59 Å². The Balaban J connectivity index is 1.68. The molecule has 1 saturated heterocycles. The Labute approximate surface area is 155 Å². The molecule has 1 aliphatic heterocycles. The molecule has 0 bridgehead atoms. The topological polar surface area (TPSA) is 58.6 Å². The summed E-state index contributed by atoms with van der Waals surface area (Å²) in [4.78, 5) is 26.3. The monoisotopic (exact) mass is 378 g/mol. The molecular weight excluding hydrogens is 363 g/mol. The van der Waals surface area contributed by atoms with Crippen LogP contribution in [0.15, 0.2) is 42.5 Å². The second-order valence-corrected chi connectivity index (χ2v) is 6.54. The second kappa shape index (κ2) is 7.33. The van der Waals surface area contributed by atoms with Crippen LogP contribution in [0.3, 0.4) is 0 Å². The van der Waals surface area contributed by atoms with E-state index in [1.165, 1.54) is 0 Å². The van der Waals surface area contributed by atoms with Crippen LogP contribution in [0.25, 0.3) is 0 Å². The highest BCUT2D eigenvalue weighted by atomic mass is 35.5. The lowest BCUT2D eigenvalue weighted by Gasteiger charge is -2.17. The van der Waals surface area contributed by atoms with Crippen molar-refractivity contribution in [1.29, 1.82) is 0 Å². The Morgan fingerprint density at radius 1 is 1.16 bits per heavy atom. The summed E-state index contributed by atoms with van der Waals surface area (Å²) in [5, 5.41) is 3.56. The van der Waals surface area contributed by atoms with Gasteiger partial charge in [0.25, 0.3) is 0 Å². The Morgan fingerprint density at radius 3 is 2.52 bits per heavy atom. The van der Waals surface area contributed by atoms with Gasteiger partial charge >= 0.3 is 0 Å². The zero-order valence-electron chi connectivity index (χ0n) is 13.5. The fourth-order valence-electron chi connectivity index (χ4n) is 2.71. The van der Waals surface area contributed by atoms with Gasteiger partial charge in [-0.15, -0.1) is 0 Å². The Bertz CT molecular complexity index is 808. The second-order valence-electron chi connectivity index (χ2n) is 5.72. The van der Waals surface area contributed by atoms with Gasteiger partial charge in [-0.25, -0.2) is 0 Å². The quantitative estimate of drug-likeness (QED) is 0.874. The molecule has 5 nitrogen and oxygen atoms in total. The lowest BCUT2D eigenvalue weighted by atomic mass is 10.1. The summed E-state index contributed by atoms with van der Waals surface area (Å²) in [6, 6.07) is 12.0. The van der Waals surface area contributed by atoms with Crippen LogP contribution < -0.4 is 15.0 Å². The third-order valence-corrected chi connectivity index (χ3v) is 4.81. The highest BCUT2D eigenvalue weighted by Gasteiger charge is 2.35. The van der Waals surface area contributed by atoms with Crippen LogP contribution in [-0.4, -0.2) is 25.5 Å². The lowest BCUT2D eigenvalue weighted by molar-refractivity contribution is -0.122. The minimum absolute atomic E-state index is 0.0838. The van der Waals surface area contributed by atoms with Crippen LogP contribution in [0.4, 0.5) is 11.4 Å². The molecule has 2 aromatic carbocycles.